The summed E-state index contributed by atoms with van der Waals surface area (Å²) in [7, 11) is 0. The number of nitrogens with one attached hydrogen (secondary N) is 3. The Balaban J connectivity index is 2.00. The molecule has 1 aromatic rings. The van der Waals surface area contributed by atoms with Crippen LogP contribution in [0.2, 0.25) is 0 Å². The number of anilines is 2. The topological polar surface area (TPSA) is 61.9 Å². The Morgan fingerprint density at radius 3 is 2.65 bits per heavy atom. The predicted molar refractivity (Wildman–Crippen MR) is 70.4 cm³/mol. The van der Waals surface area contributed by atoms with E-state index in [2.05, 4.69) is 39.8 Å². The lowest BCUT2D eigenvalue weighted by Crippen LogP contribution is -2.51. The van der Waals surface area contributed by atoms with E-state index in [-0.39, 0.29) is 0 Å². The normalized spacial score (nSPS) is 15.8. The van der Waals surface area contributed by atoms with Crippen LogP contribution in [-0.2, 0) is 0 Å². The van der Waals surface area contributed by atoms with Gasteiger partial charge in [-0.15, -0.1) is 0 Å². The van der Waals surface area contributed by atoms with Crippen molar-refractivity contribution in [1.29, 1.82) is 0 Å². The molecule has 0 aromatic carbocycles. The van der Waals surface area contributed by atoms with E-state index in [1.807, 2.05) is 13.0 Å². The van der Waals surface area contributed by atoms with Crippen LogP contribution < -0.4 is 16.0 Å². The number of hydrogen-bond acceptors (Lipinski definition) is 5. The maximum Gasteiger partial charge on any atom is 0.132 e. The minimum atomic E-state index is 0.502. The van der Waals surface area contributed by atoms with Crippen molar-refractivity contribution in [3.05, 3.63) is 11.9 Å². The fourth-order valence-corrected chi connectivity index (χ4v) is 1.64. The second kappa shape index (κ2) is 5.31. The van der Waals surface area contributed by atoms with Crippen molar-refractivity contribution in [2.45, 2.75) is 26.8 Å². The minimum Gasteiger partial charge on any atom is -0.370 e. The summed E-state index contributed by atoms with van der Waals surface area (Å²) in [4.78, 5) is 8.77. The van der Waals surface area contributed by atoms with Crippen molar-refractivity contribution < 1.29 is 0 Å². The molecule has 0 saturated carbocycles. The first-order valence-corrected chi connectivity index (χ1v) is 6.20. The standard InChI is InChI=1S/C12H21N5/c1-8(2)5-14-11-4-12(16-9(3)15-11)17-10-6-13-7-10/h4,8,10,13H,5-7H2,1-3H3,(H2,14,15,16,17). The van der Waals surface area contributed by atoms with Gasteiger partial charge in [-0.25, -0.2) is 9.97 Å². The van der Waals surface area contributed by atoms with Crippen molar-refractivity contribution in [3.8, 4) is 0 Å². The molecule has 1 saturated heterocycles. The highest BCUT2D eigenvalue weighted by Gasteiger charge is 2.16. The van der Waals surface area contributed by atoms with Gasteiger partial charge in [-0.05, 0) is 12.8 Å². The van der Waals surface area contributed by atoms with Crippen molar-refractivity contribution in [1.82, 2.24) is 15.3 Å². The quantitative estimate of drug-likeness (QED) is 0.716. The summed E-state index contributed by atoms with van der Waals surface area (Å²) in [5.74, 6) is 3.22. The van der Waals surface area contributed by atoms with Gasteiger partial charge in [0.15, 0.2) is 0 Å². The molecule has 0 radical (unpaired) electrons. The number of aryl methyl sites for hydroxylation is 1. The van der Waals surface area contributed by atoms with Gasteiger partial charge in [-0.3, -0.25) is 0 Å². The van der Waals surface area contributed by atoms with E-state index in [1.165, 1.54) is 0 Å². The molecule has 1 aliphatic heterocycles. The third-order valence-corrected chi connectivity index (χ3v) is 2.66. The first-order chi connectivity index (χ1) is 8.13. The van der Waals surface area contributed by atoms with Gasteiger partial charge in [0, 0.05) is 25.7 Å². The highest BCUT2D eigenvalue weighted by atomic mass is 15.1. The van der Waals surface area contributed by atoms with Crippen molar-refractivity contribution >= 4 is 11.6 Å². The number of hydrogen-bond donors (Lipinski definition) is 3. The lowest BCUT2D eigenvalue weighted by atomic mass is 10.2. The smallest absolute Gasteiger partial charge is 0.132 e. The van der Waals surface area contributed by atoms with Gasteiger partial charge >= 0.3 is 0 Å². The van der Waals surface area contributed by atoms with E-state index in [9.17, 15) is 0 Å². The molecule has 5 heteroatoms. The highest BCUT2D eigenvalue weighted by molar-refractivity contribution is 5.48. The van der Waals surface area contributed by atoms with Gasteiger partial charge in [-0.1, -0.05) is 13.8 Å². The van der Waals surface area contributed by atoms with Gasteiger partial charge in [-0.2, -0.15) is 0 Å². The average Bonchev–Trinajstić information content (AvgIpc) is 2.20. The Morgan fingerprint density at radius 2 is 2.06 bits per heavy atom. The number of nitrogens with zero attached hydrogens (tertiary/aromatic N) is 2. The van der Waals surface area contributed by atoms with Crippen molar-refractivity contribution in [2.75, 3.05) is 30.3 Å². The summed E-state index contributed by atoms with van der Waals surface area (Å²) in [5, 5.41) is 9.95. The summed E-state index contributed by atoms with van der Waals surface area (Å²) in [6.45, 7) is 9.24. The van der Waals surface area contributed by atoms with E-state index in [4.69, 9.17) is 0 Å². The molecule has 5 nitrogen and oxygen atoms in total. The van der Waals surface area contributed by atoms with Crippen LogP contribution in [0.3, 0.4) is 0 Å². The molecule has 0 bridgehead atoms. The van der Waals surface area contributed by atoms with Crippen LogP contribution in [0.5, 0.6) is 0 Å². The first kappa shape index (κ1) is 12.1. The fourth-order valence-electron chi connectivity index (χ4n) is 1.64. The monoisotopic (exact) mass is 235 g/mol. The third kappa shape index (κ3) is 3.56. The second-order valence-electron chi connectivity index (χ2n) is 4.96. The summed E-state index contributed by atoms with van der Waals surface area (Å²) in [5.41, 5.74) is 0. The summed E-state index contributed by atoms with van der Waals surface area (Å²) >= 11 is 0. The zero-order chi connectivity index (χ0) is 12.3. The zero-order valence-electron chi connectivity index (χ0n) is 10.7. The first-order valence-electron chi connectivity index (χ1n) is 6.20. The molecule has 0 atom stereocenters. The average molecular weight is 235 g/mol. The summed E-state index contributed by atoms with van der Waals surface area (Å²) in [6.07, 6.45) is 0. The Morgan fingerprint density at radius 1 is 1.35 bits per heavy atom. The third-order valence-electron chi connectivity index (χ3n) is 2.66. The highest BCUT2D eigenvalue weighted by Crippen LogP contribution is 2.13. The summed E-state index contributed by atoms with van der Waals surface area (Å²) in [6, 6.07) is 2.48. The van der Waals surface area contributed by atoms with Crippen LogP contribution in [0.15, 0.2) is 6.07 Å². The second-order valence-corrected chi connectivity index (χ2v) is 4.96. The molecule has 2 heterocycles. The van der Waals surface area contributed by atoms with E-state index in [1.54, 1.807) is 0 Å². The molecule has 17 heavy (non-hydrogen) atoms. The largest absolute Gasteiger partial charge is 0.370 e. The van der Waals surface area contributed by atoms with E-state index in [0.29, 0.717) is 12.0 Å². The van der Waals surface area contributed by atoms with Crippen LogP contribution in [0, 0.1) is 12.8 Å². The predicted octanol–water partition coefficient (Wildman–Crippen LogP) is 1.24. The Hall–Kier alpha value is -1.36. The maximum atomic E-state index is 4.39. The molecular formula is C12H21N5. The molecule has 1 aliphatic rings. The lowest BCUT2D eigenvalue weighted by molar-refractivity contribution is 0.471. The van der Waals surface area contributed by atoms with Crippen LogP contribution >= 0.6 is 0 Å². The van der Waals surface area contributed by atoms with Crippen molar-refractivity contribution in [2.24, 2.45) is 5.92 Å². The van der Waals surface area contributed by atoms with Crippen LogP contribution in [0.25, 0.3) is 0 Å². The lowest BCUT2D eigenvalue weighted by Gasteiger charge is -2.28. The zero-order valence-corrected chi connectivity index (χ0v) is 10.7. The molecule has 2 rings (SSSR count). The summed E-state index contributed by atoms with van der Waals surface area (Å²) < 4.78 is 0. The van der Waals surface area contributed by atoms with Gasteiger partial charge in [0.05, 0.1) is 6.04 Å². The molecule has 0 spiro atoms. The molecule has 1 aromatic heterocycles. The molecule has 0 aliphatic carbocycles. The van der Waals surface area contributed by atoms with Crippen molar-refractivity contribution in [3.63, 3.8) is 0 Å². The Kier molecular flexibility index (Phi) is 3.78. The van der Waals surface area contributed by atoms with Crippen LogP contribution in [-0.4, -0.2) is 35.6 Å². The molecule has 94 valence electrons. The van der Waals surface area contributed by atoms with Gasteiger partial charge in [0.1, 0.15) is 17.5 Å². The molecular weight excluding hydrogens is 214 g/mol. The SMILES string of the molecule is Cc1nc(NCC(C)C)cc(NC2CNC2)n1. The molecule has 0 amide bonds. The van der Waals surface area contributed by atoms with Crippen LogP contribution in [0.4, 0.5) is 11.6 Å². The number of aromatic nitrogens is 2. The van der Waals surface area contributed by atoms with Gasteiger partial charge in [0.25, 0.3) is 0 Å². The van der Waals surface area contributed by atoms with E-state index >= 15 is 0 Å². The molecule has 0 unspecified atom stereocenters. The van der Waals surface area contributed by atoms with E-state index < -0.39 is 0 Å². The maximum absolute atomic E-state index is 4.39. The molecule has 1 fully saturated rings. The number of rotatable bonds is 5. The fraction of sp³-hybridized carbons (Fsp3) is 0.667. The van der Waals surface area contributed by atoms with Gasteiger partial charge in [0.2, 0.25) is 0 Å². The van der Waals surface area contributed by atoms with Crippen LogP contribution in [0.1, 0.15) is 19.7 Å². The Labute approximate surface area is 102 Å². The minimum absolute atomic E-state index is 0.502. The molecule has 3 N–H and O–H groups in total. The Bertz CT molecular complexity index is 373. The van der Waals surface area contributed by atoms with Gasteiger partial charge < -0.3 is 16.0 Å². The van der Waals surface area contributed by atoms with E-state index in [0.717, 1.165) is 37.1 Å².